The van der Waals surface area contributed by atoms with Gasteiger partial charge in [0, 0.05) is 0 Å². The molecule has 0 aromatic heterocycles. The molecule has 0 saturated carbocycles. The molecule has 28 heavy (non-hydrogen) atoms. The van der Waals surface area contributed by atoms with Gasteiger partial charge in [-0.2, -0.15) is 0 Å². The van der Waals surface area contributed by atoms with Crippen LogP contribution < -0.4 is 0 Å². The predicted octanol–water partition coefficient (Wildman–Crippen LogP) is 7.19. The van der Waals surface area contributed by atoms with Crippen LogP contribution in [0, 0.1) is 5.92 Å². The van der Waals surface area contributed by atoms with Crippen LogP contribution in [-0.4, -0.2) is 10.2 Å². The van der Waals surface area contributed by atoms with Crippen LogP contribution in [0.25, 0.3) is 22.3 Å². The van der Waals surface area contributed by atoms with Crippen LogP contribution in [0.2, 0.25) is 0 Å². The quantitative estimate of drug-likeness (QED) is 0.438. The molecule has 0 saturated heterocycles. The zero-order chi connectivity index (χ0) is 19.9. The second kappa shape index (κ2) is 9.45. The predicted molar refractivity (Wildman–Crippen MR) is 118 cm³/mol. The second-order valence-electron chi connectivity index (χ2n) is 7.59. The Morgan fingerprint density at radius 3 is 1.82 bits per heavy atom. The lowest BCUT2D eigenvalue weighted by molar-refractivity contribution is 0.426. The highest BCUT2D eigenvalue weighted by atomic mass is 16.3. The van der Waals surface area contributed by atoms with E-state index in [0.29, 0.717) is 11.7 Å². The summed E-state index contributed by atoms with van der Waals surface area (Å²) in [5.41, 5.74) is 5.52. The molecular formula is C26H30O2. The first-order valence-corrected chi connectivity index (χ1v) is 10.3. The van der Waals surface area contributed by atoms with Gasteiger partial charge in [-0.05, 0) is 64.4 Å². The van der Waals surface area contributed by atoms with Gasteiger partial charge in [-0.15, -0.1) is 0 Å². The largest absolute Gasteiger partial charge is 0.508 e. The molecule has 0 aliphatic carbocycles. The number of hydrogen-bond donors (Lipinski definition) is 2. The van der Waals surface area contributed by atoms with Crippen molar-refractivity contribution in [2.45, 2.75) is 46.0 Å². The van der Waals surface area contributed by atoms with E-state index < -0.39 is 0 Å². The van der Waals surface area contributed by atoms with E-state index in [1.165, 1.54) is 19.3 Å². The van der Waals surface area contributed by atoms with Crippen molar-refractivity contribution in [3.63, 3.8) is 0 Å². The van der Waals surface area contributed by atoms with Gasteiger partial charge in [0.05, 0.1) is 0 Å². The van der Waals surface area contributed by atoms with Crippen molar-refractivity contribution >= 4 is 0 Å². The van der Waals surface area contributed by atoms with Crippen LogP contribution in [0.3, 0.4) is 0 Å². The van der Waals surface area contributed by atoms with Gasteiger partial charge in [-0.1, -0.05) is 82.0 Å². The van der Waals surface area contributed by atoms with E-state index in [4.69, 9.17) is 0 Å². The summed E-state index contributed by atoms with van der Waals surface area (Å²) in [6.07, 6.45) is 5.76. The summed E-state index contributed by atoms with van der Waals surface area (Å²) >= 11 is 0. The molecule has 0 amide bonds. The average molecular weight is 375 g/mol. The molecule has 0 aliphatic heterocycles. The molecule has 1 atom stereocenters. The summed E-state index contributed by atoms with van der Waals surface area (Å²) in [5.74, 6) is 1.30. The number of benzene rings is 3. The van der Waals surface area contributed by atoms with Gasteiger partial charge < -0.3 is 10.2 Å². The first kappa shape index (κ1) is 20.0. The highest BCUT2D eigenvalue weighted by Crippen LogP contribution is 2.31. The van der Waals surface area contributed by atoms with Crippen LogP contribution >= 0.6 is 0 Å². The van der Waals surface area contributed by atoms with Gasteiger partial charge >= 0.3 is 0 Å². The molecule has 1 unspecified atom stereocenters. The monoisotopic (exact) mass is 374 g/mol. The summed E-state index contributed by atoms with van der Waals surface area (Å²) < 4.78 is 0. The van der Waals surface area contributed by atoms with E-state index in [9.17, 15) is 10.2 Å². The highest BCUT2D eigenvalue weighted by molar-refractivity contribution is 5.71. The van der Waals surface area contributed by atoms with Gasteiger partial charge in [-0.25, -0.2) is 0 Å². The fourth-order valence-corrected chi connectivity index (χ4v) is 3.69. The molecule has 0 bridgehead atoms. The Bertz CT molecular complexity index is 879. The Hall–Kier alpha value is -2.74. The summed E-state index contributed by atoms with van der Waals surface area (Å²) in [4.78, 5) is 0. The minimum atomic E-state index is 0.279. The van der Waals surface area contributed by atoms with Crippen LogP contribution in [0.15, 0.2) is 66.7 Å². The van der Waals surface area contributed by atoms with Crippen molar-refractivity contribution in [3.05, 3.63) is 72.3 Å². The van der Waals surface area contributed by atoms with Gasteiger partial charge in [0.2, 0.25) is 0 Å². The summed E-state index contributed by atoms with van der Waals surface area (Å²) in [7, 11) is 0. The highest BCUT2D eigenvalue weighted by Gasteiger charge is 2.12. The van der Waals surface area contributed by atoms with E-state index in [-0.39, 0.29) is 5.75 Å². The van der Waals surface area contributed by atoms with E-state index >= 15 is 0 Å². The molecular weight excluding hydrogens is 344 g/mol. The number of aromatic hydroxyl groups is 2. The van der Waals surface area contributed by atoms with E-state index in [0.717, 1.165) is 40.7 Å². The smallest absolute Gasteiger partial charge is 0.118 e. The van der Waals surface area contributed by atoms with Gasteiger partial charge in [0.15, 0.2) is 0 Å². The number of unbranched alkanes of at least 4 members (excludes halogenated alkanes) is 1. The van der Waals surface area contributed by atoms with Crippen molar-refractivity contribution < 1.29 is 10.2 Å². The molecule has 3 rings (SSSR count). The minimum Gasteiger partial charge on any atom is -0.508 e. The topological polar surface area (TPSA) is 40.5 Å². The molecule has 0 radical (unpaired) electrons. The number of rotatable bonds is 8. The third-order valence-electron chi connectivity index (χ3n) is 5.55. The Morgan fingerprint density at radius 2 is 1.25 bits per heavy atom. The average Bonchev–Trinajstić information content (AvgIpc) is 2.73. The molecule has 2 heteroatoms. The molecule has 3 aromatic carbocycles. The SMILES string of the molecule is CCCCC(CC)Cc1cc(-c2ccc(-c3ccc(O)cc3)cc2)ccc1O. The lowest BCUT2D eigenvalue weighted by atomic mass is 9.90. The first-order chi connectivity index (χ1) is 13.6. The maximum Gasteiger partial charge on any atom is 0.118 e. The standard InChI is InChI=1S/C26H30O2/c1-3-5-6-19(4-2)17-24-18-23(13-16-26(24)28)22-9-7-20(8-10-22)21-11-14-25(27)15-12-21/h7-16,18-19,27-28H,3-6,17H2,1-2H3. The second-order valence-corrected chi connectivity index (χ2v) is 7.59. The fourth-order valence-electron chi connectivity index (χ4n) is 3.69. The van der Waals surface area contributed by atoms with Gasteiger partial charge in [-0.3, -0.25) is 0 Å². The summed E-state index contributed by atoms with van der Waals surface area (Å²) in [5, 5.41) is 19.8. The number of hydrogen-bond acceptors (Lipinski definition) is 2. The lowest BCUT2D eigenvalue weighted by Crippen LogP contribution is -2.03. The Labute approximate surface area is 168 Å². The molecule has 0 fully saturated rings. The van der Waals surface area contributed by atoms with E-state index in [1.54, 1.807) is 12.1 Å². The Balaban J connectivity index is 1.80. The molecule has 0 aliphatic rings. The van der Waals surface area contributed by atoms with E-state index in [1.807, 2.05) is 24.3 Å². The van der Waals surface area contributed by atoms with E-state index in [2.05, 4.69) is 44.2 Å². The molecule has 3 aromatic rings. The van der Waals surface area contributed by atoms with Crippen LogP contribution in [0.4, 0.5) is 0 Å². The zero-order valence-electron chi connectivity index (χ0n) is 16.9. The summed E-state index contributed by atoms with van der Waals surface area (Å²) in [6.45, 7) is 4.47. The third kappa shape index (κ3) is 4.95. The van der Waals surface area contributed by atoms with Crippen molar-refractivity contribution in [3.8, 4) is 33.8 Å². The van der Waals surface area contributed by atoms with Crippen LogP contribution in [-0.2, 0) is 6.42 Å². The molecule has 2 nitrogen and oxygen atoms in total. The van der Waals surface area contributed by atoms with Gasteiger partial charge in [0.1, 0.15) is 11.5 Å². The minimum absolute atomic E-state index is 0.279. The van der Waals surface area contributed by atoms with Crippen LogP contribution in [0.5, 0.6) is 11.5 Å². The Kier molecular flexibility index (Phi) is 6.76. The van der Waals surface area contributed by atoms with Crippen molar-refractivity contribution in [1.82, 2.24) is 0 Å². The number of phenols is 2. The van der Waals surface area contributed by atoms with Crippen molar-refractivity contribution in [2.75, 3.05) is 0 Å². The molecule has 0 spiro atoms. The maximum atomic E-state index is 10.3. The van der Waals surface area contributed by atoms with Crippen molar-refractivity contribution in [2.24, 2.45) is 5.92 Å². The third-order valence-corrected chi connectivity index (χ3v) is 5.55. The molecule has 2 N–H and O–H groups in total. The normalized spacial score (nSPS) is 12.1. The van der Waals surface area contributed by atoms with Crippen LogP contribution in [0.1, 0.15) is 45.1 Å². The molecule has 146 valence electrons. The lowest BCUT2D eigenvalue weighted by Gasteiger charge is -2.16. The Morgan fingerprint density at radius 1 is 0.714 bits per heavy atom. The van der Waals surface area contributed by atoms with Crippen molar-refractivity contribution in [1.29, 1.82) is 0 Å². The molecule has 0 heterocycles. The zero-order valence-corrected chi connectivity index (χ0v) is 16.9. The summed E-state index contributed by atoms with van der Waals surface area (Å²) in [6, 6.07) is 21.6. The number of phenolic OH excluding ortho intramolecular Hbond substituents is 2. The first-order valence-electron chi connectivity index (χ1n) is 10.3. The van der Waals surface area contributed by atoms with Gasteiger partial charge in [0.25, 0.3) is 0 Å². The fraction of sp³-hybridized carbons (Fsp3) is 0.308. The maximum absolute atomic E-state index is 10.3.